The minimum Gasteiger partial charge on any atom is -0.481 e. The topological polar surface area (TPSA) is 83.7 Å². The summed E-state index contributed by atoms with van der Waals surface area (Å²) in [5, 5.41) is 12.0. The van der Waals surface area contributed by atoms with Crippen LogP contribution in [0.5, 0.6) is 0 Å². The number of thiazole rings is 1. The lowest BCUT2D eigenvalue weighted by molar-refractivity contribution is -0.138. The van der Waals surface area contributed by atoms with Crippen LogP contribution in [0.1, 0.15) is 59.6 Å². The van der Waals surface area contributed by atoms with E-state index >= 15 is 0 Å². The van der Waals surface area contributed by atoms with Crippen molar-refractivity contribution in [3.8, 4) is 10.4 Å². The average molecular weight is 526 g/mol. The number of carbonyl (C=O) groups is 2. The second kappa shape index (κ2) is 10.4. The number of nitrogens with zero attached hydrogens (tertiary/aromatic N) is 2. The van der Waals surface area contributed by atoms with Crippen molar-refractivity contribution in [3.63, 3.8) is 0 Å². The minimum absolute atomic E-state index is 0.0195. The van der Waals surface area contributed by atoms with Crippen molar-refractivity contribution >= 4 is 39.8 Å². The van der Waals surface area contributed by atoms with Crippen LogP contribution in [0.3, 0.4) is 0 Å². The molecule has 0 radical (unpaired) electrons. The third-order valence-electron chi connectivity index (χ3n) is 6.85. The Morgan fingerprint density at radius 1 is 1.11 bits per heavy atom. The van der Waals surface area contributed by atoms with Gasteiger partial charge in [-0.3, -0.25) is 14.0 Å². The lowest BCUT2D eigenvalue weighted by Crippen LogP contribution is -2.23. The lowest BCUT2D eigenvalue weighted by Gasteiger charge is -2.28. The number of rotatable bonds is 7. The maximum Gasteiger partial charge on any atom is 0.303 e. The van der Waals surface area contributed by atoms with E-state index in [0.717, 1.165) is 36.1 Å². The number of carboxylic acid groups (broad SMARTS) is 1. The number of nitrogens with one attached hydrogen (secondary N) is 1. The molecule has 1 saturated carbocycles. The van der Waals surface area contributed by atoms with Gasteiger partial charge in [0, 0.05) is 35.9 Å². The van der Waals surface area contributed by atoms with Gasteiger partial charge in [-0.05, 0) is 60.8 Å². The third-order valence-corrected chi connectivity index (χ3v) is 8.25. The van der Waals surface area contributed by atoms with Crippen LogP contribution in [-0.2, 0) is 11.3 Å². The summed E-state index contributed by atoms with van der Waals surface area (Å²) in [7, 11) is 0. The quantitative estimate of drug-likeness (QED) is 0.287. The molecule has 4 aromatic rings. The zero-order chi connectivity index (χ0) is 25.2. The highest BCUT2D eigenvalue weighted by molar-refractivity contribution is 7.20. The fourth-order valence-electron chi connectivity index (χ4n) is 4.87. The fourth-order valence-corrected chi connectivity index (χ4v) is 6.07. The molecule has 0 aliphatic heterocycles. The first-order chi connectivity index (χ1) is 17.4. The second-order valence-corrected chi connectivity index (χ2v) is 10.6. The molecule has 0 saturated heterocycles. The van der Waals surface area contributed by atoms with Crippen LogP contribution in [0.25, 0.3) is 15.4 Å². The van der Waals surface area contributed by atoms with Gasteiger partial charge in [-0.1, -0.05) is 53.3 Å². The van der Waals surface area contributed by atoms with Gasteiger partial charge in [0.05, 0.1) is 4.88 Å². The second-order valence-electron chi connectivity index (χ2n) is 9.23. The van der Waals surface area contributed by atoms with Crippen LogP contribution in [0.2, 0.25) is 5.02 Å². The van der Waals surface area contributed by atoms with E-state index in [1.165, 1.54) is 29.0 Å². The molecule has 2 aromatic carbocycles. The molecule has 2 heterocycles. The van der Waals surface area contributed by atoms with Crippen LogP contribution in [0.15, 0.2) is 54.9 Å². The maximum absolute atomic E-state index is 13.9. The van der Waals surface area contributed by atoms with E-state index in [1.54, 1.807) is 12.3 Å². The van der Waals surface area contributed by atoms with Crippen LogP contribution in [-0.4, -0.2) is 26.4 Å². The summed E-state index contributed by atoms with van der Waals surface area (Å²) in [6.07, 6.45) is 7.86. The molecule has 0 atom stereocenters. The van der Waals surface area contributed by atoms with Crippen molar-refractivity contribution in [1.29, 1.82) is 0 Å². The SMILES string of the molecule is O=C(O)C[C@H]1CC[C@H](c2ccc(-c3cn4cc(C(=O)NCc5c(F)cccc5Cl)nc4s3)cc2)CC1. The van der Waals surface area contributed by atoms with E-state index in [1.807, 2.05) is 10.6 Å². The molecule has 2 N–H and O–H groups in total. The number of halogens is 2. The number of hydrogen-bond acceptors (Lipinski definition) is 4. The Morgan fingerprint density at radius 2 is 1.86 bits per heavy atom. The standard InChI is InChI=1S/C27H25ClFN3O3S/c28-21-2-1-3-22(29)20(21)13-30-26(35)23-14-32-15-24(36-27(32)31-23)19-10-8-18(9-11-19)17-6-4-16(5-7-17)12-25(33)34/h1-3,8-11,14-17H,4-7,12-13H2,(H,30,35)(H,33,34)/t16-,17-. The highest BCUT2D eigenvalue weighted by Crippen LogP contribution is 2.38. The van der Waals surface area contributed by atoms with E-state index in [2.05, 4.69) is 34.6 Å². The molecule has 6 nitrogen and oxygen atoms in total. The number of carbonyl (C=O) groups excluding carboxylic acids is 1. The molecule has 1 amide bonds. The number of carboxylic acids is 1. The number of aliphatic carboxylic acids is 1. The van der Waals surface area contributed by atoms with Gasteiger partial charge < -0.3 is 10.4 Å². The van der Waals surface area contributed by atoms with Crippen molar-refractivity contribution in [1.82, 2.24) is 14.7 Å². The molecule has 9 heteroatoms. The molecule has 0 spiro atoms. The Hall–Kier alpha value is -3.23. The largest absolute Gasteiger partial charge is 0.481 e. The van der Waals surface area contributed by atoms with E-state index < -0.39 is 17.7 Å². The summed E-state index contributed by atoms with van der Waals surface area (Å²) in [6.45, 7) is -0.0195. The maximum atomic E-state index is 13.9. The first-order valence-corrected chi connectivity index (χ1v) is 13.1. The normalized spacial score (nSPS) is 17.8. The molecule has 1 aliphatic carbocycles. The first-order valence-electron chi connectivity index (χ1n) is 11.9. The van der Waals surface area contributed by atoms with Gasteiger partial charge in [0.1, 0.15) is 11.5 Å². The number of aromatic nitrogens is 2. The average Bonchev–Trinajstić information content (AvgIpc) is 3.44. The minimum atomic E-state index is -0.703. The Kier molecular flexibility index (Phi) is 7.07. The van der Waals surface area contributed by atoms with Gasteiger partial charge in [-0.25, -0.2) is 9.37 Å². The van der Waals surface area contributed by atoms with Crippen molar-refractivity contribution < 1.29 is 19.1 Å². The van der Waals surface area contributed by atoms with Gasteiger partial charge in [0.2, 0.25) is 0 Å². The Labute approximate surface area is 216 Å². The van der Waals surface area contributed by atoms with Gasteiger partial charge in [0.25, 0.3) is 5.91 Å². The summed E-state index contributed by atoms with van der Waals surface area (Å²) in [4.78, 5) is 29.7. The highest BCUT2D eigenvalue weighted by Gasteiger charge is 2.24. The predicted octanol–water partition coefficient (Wildman–Crippen LogP) is 6.53. The Morgan fingerprint density at radius 3 is 2.53 bits per heavy atom. The zero-order valence-electron chi connectivity index (χ0n) is 19.4. The lowest BCUT2D eigenvalue weighted by atomic mass is 9.77. The van der Waals surface area contributed by atoms with E-state index in [-0.39, 0.29) is 29.2 Å². The molecular weight excluding hydrogens is 501 g/mol. The van der Waals surface area contributed by atoms with Gasteiger partial charge >= 0.3 is 5.97 Å². The van der Waals surface area contributed by atoms with Crippen LogP contribution in [0, 0.1) is 11.7 Å². The molecule has 1 fully saturated rings. The molecule has 186 valence electrons. The molecule has 36 heavy (non-hydrogen) atoms. The number of benzene rings is 2. The van der Waals surface area contributed by atoms with Gasteiger partial charge in [-0.2, -0.15) is 0 Å². The summed E-state index contributed by atoms with van der Waals surface area (Å²) in [5.74, 6) is -0.788. The predicted molar refractivity (Wildman–Crippen MR) is 138 cm³/mol. The number of fused-ring (bicyclic) bond motifs is 1. The smallest absolute Gasteiger partial charge is 0.303 e. The van der Waals surface area contributed by atoms with Gasteiger partial charge in [0.15, 0.2) is 4.96 Å². The van der Waals surface area contributed by atoms with Crippen molar-refractivity contribution in [2.75, 3.05) is 0 Å². The molecule has 1 aliphatic rings. The molecule has 0 bridgehead atoms. The molecule has 0 unspecified atom stereocenters. The third kappa shape index (κ3) is 5.29. The van der Waals surface area contributed by atoms with E-state index in [9.17, 15) is 14.0 Å². The van der Waals surface area contributed by atoms with Crippen molar-refractivity contribution in [3.05, 3.63) is 82.5 Å². The molecule has 5 rings (SSSR count). The van der Waals surface area contributed by atoms with E-state index in [4.69, 9.17) is 16.7 Å². The summed E-state index contributed by atoms with van der Waals surface area (Å²) >= 11 is 7.52. The fraction of sp³-hybridized carbons (Fsp3) is 0.296. The molecular formula is C27H25ClFN3O3S. The highest BCUT2D eigenvalue weighted by atomic mass is 35.5. The molecule has 2 aromatic heterocycles. The zero-order valence-corrected chi connectivity index (χ0v) is 21.0. The van der Waals surface area contributed by atoms with Gasteiger partial charge in [-0.15, -0.1) is 0 Å². The number of imidazole rings is 1. The Bertz CT molecular complexity index is 1360. The monoisotopic (exact) mass is 525 g/mol. The van der Waals surface area contributed by atoms with Crippen molar-refractivity contribution in [2.45, 2.75) is 44.6 Å². The van der Waals surface area contributed by atoms with Crippen LogP contribution >= 0.6 is 22.9 Å². The number of amides is 1. The van der Waals surface area contributed by atoms with Crippen molar-refractivity contribution in [2.24, 2.45) is 5.92 Å². The first kappa shape index (κ1) is 24.5. The summed E-state index contributed by atoms with van der Waals surface area (Å²) in [5.41, 5.74) is 2.87. The summed E-state index contributed by atoms with van der Waals surface area (Å²) in [6, 6.07) is 12.9. The summed E-state index contributed by atoms with van der Waals surface area (Å²) < 4.78 is 15.8. The Balaban J connectivity index is 1.22. The van der Waals surface area contributed by atoms with Crippen LogP contribution < -0.4 is 5.32 Å². The van der Waals surface area contributed by atoms with E-state index in [0.29, 0.717) is 16.8 Å². The van der Waals surface area contributed by atoms with Crippen LogP contribution in [0.4, 0.5) is 4.39 Å². The number of hydrogen-bond donors (Lipinski definition) is 2.